The van der Waals surface area contributed by atoms with Crippen LogP contribution in [-0.4, -0.2) is 58.3 Å². The Kier molecular flexibility index (Phi) is 6.30. The van der Waals surface area contributed by atoms with Crippen LogP contribution in [0.15, 0.2) is 18.5 Å². The van der Waals surface area contributed by atoms with Crippen molar-refractivity contribution in [2.24, 2.45) is 0 Å². The fraction of sp³-hybridized carbons (Fsp3) is 0.571. The van der Waals surface area contributed by atoms with E-state index in [1.807, 2.05) is 33.8 Å². The smallest absolute Gasteiger partial charge is 0.410 e. The van der Waals surface area contributed by atoms with Crippen molar-refractivity contribution in [3.63, 3.8) is 0 Å². The number of H-pyrrole nitrogens is 1. The number of aromatic amines is 1. The van der Waals surface area contributed by atoms with Crippen LogP contribution in [0.25, 0.3) is 11.0 Å². The number of nitrogens with zero attached hydrogens (tertiary/aromatic N) is 2. The predicted octanol–water partition coefficient (Wildman–Crippen LogP) is 3.94. The van der Waals surface area contributed by atoms with E-state index < -0.39 is 11.6 Å². The number of fused-ring (bicyclic) bond motifs is 1. The zero-order valence-corrected chi connectivity index (χ0v) is 17.6. The fourth-order valence-corrected chi connectivity index (χ4v) is 3.38. The van der Waals surface area contributed by atoms with Gasteiger partial charge >= 0.3 is 12.1 Å². The molecule has 0 saturated carbocycles. The molecule has 0 bridgehead atoms. The maximum atomic E-state index is 12.6. The summed E-state index contributed by atoms with van der Waals surface area (Å²) in [5.74, 6) is -0.398. The number of likely N-dealkylation sites (tertiary alicyclic amines) is 1. The van der Waals surface area contributed by atoms with Crippen LogP contribution in [-0.2, 0) is 9.47 Å². The second-order valence-electron chi connectivity index (χ2n) is 8.33. The van der Waals surface area contributed by atoms with E-state index in [2.05, 4.69) is 15.3 Å². The van der Waals surface area contributed by atoms with Crippen LogP contribution >= 0.6 is 0 Å². The zero-order valence-electron chi connectivity index (χ0n) is 17.6. The first-order chi connectivity index (χ1) is 13.8. The van der Waals surface area contributed by atoms with E-state index in [0.717, 1.165) is 24.6 Å². The Balaban J connectivity index is 1.80. The third kappa shape index (κ3) is 5.19. The quantitative estimate of drug-likeness (QED) is 0.736. The molecule has 158 valence electrons. The second kappa shape index (κ2) is 8.71. The SMILES string of the molecule is CCCOC(=O)c1cnc2[nH]ccc2c1N[C@@H]1CCCN(C(=O)OC(C)(C)C)C1. The van der Waals surface area contributed by atoms with Crippen LogP contribution in [0.3, 0.4) is 0 Å². The lowest BCUT2D eigenvalue weighted by molar-refractivity contribution is 0.0205. The lowest BCUT2D eigenvalue weighted by atomic mass is 10.0. The maximum absolute atomic E-state index is 12.6. The first kappa shape index (κ1) is 21.0. The topological polar surface area (TPSA) is 96.5 Å². The van der Waals surface area contributed by atoms with E-state index in [1.165, 1.54) is 6.20 Å². The molecule has 0 aliphatic carbocycles. The van der Waals surface area contributed by atoms with Gasteiger partial charge in [0.05, 0.1) is 12.3 Å². The number of carbonyl (C=O) groups is 2. The van der Waals surface area contributed by atoms with E-state index in [-0.39, 0.29) is 12.1 Å². The van der Waals surface area contributed by atoms with Gasteiger partial charge in [-0.3, -0.25) is 0 Å². The number of carbonyl (C=O) groups excluding carboxylic acids is 2. The molecule has 0 radical (unpaired) electrons. The number of aromatic nitrogens is 2. The second-order valence-corrected chi connectivity index (χ2v) is 8.33. The van der Waals surface area contributed by atoms with Gasteiger partial charge in [0.25, 0.3) is 0 Å². The van der Waals surface area contributed by atoms with Crippen LogP contribution in [0.5, 0.6) is 0 Å². The van der Waals surface area contributed by atoms with Gasteiger partial charge in [-0.2, -0.15) is 0 Å². The Morgan fingerprint density at radius 2 is 2.17 bits per heavy atom. The number of esters is 1. The van der Waals surface area contributed by atoms with Gasteiger partial charge in [0, 0.05) is 36.9 Å². The van der Waals surface area contributed by atoms with Gasteiger partial charge in [0.15, 0.2) is 0 Å². The molecule has 2 N–H and O–H groups in total. The van der Waals surface area contributed by atoms with E-state index in [0.29, 0.717) is 36.6 Å². The molecule has 1 saturated heterocycles. The molecular weight excluding hydrogens is 372 g/mol. The lowest BCUT2D eigenvalue weighted by Crippen LogP contribution is -2.47. The number of pyridine rings is 1. The van der Waals surface area contributed by atoms with Gasteiger partial charge in [-0.05, 0) is 46.1 Å². The minimum atomic E-state index is -0.532. The van der Waals surface area contributed by atoms with E-state index in [4.69, 9.17) is 9.47 Å². The van der Waals surface area contributed by atoms with Crippen molar-refractivity contribution in [2.75, 3.05) is 25.0 Å². The summed E-state index contributed by atoms with van der Waals surface area (Å²) >= 11 is 0. The van der Waals surface area contributed by atoms with Crippen LogP contribution in [0.2, 0.25) is 0 Å². The summed E-state index contributed by atoms with van der Waals surface area (Å²) in [6, 6.07) is 1.88. The minimum absolute atomic E-state index is 0.00510. The number of nitrogens with one attached hydrogen (secondary N) is 2. The van der Waals surface area contributed by atoms with E-state index in [9.17, 15) is 9.59 Å². The monoisotopic (exact) mass is 402 g/mol. The predicted molar refractivity (Wildman–Crippen MR) is 111 cm³/mol. The third-order valence-electron chi connectivity index (χ3n) is 4.67. The van der Waals surface area contributed by atoms with Crippen molar-refractivity contribution in [3.05, 3.63) is 24.0 Å². The number of hydrogen-bond acceptors (Lipinski definition) is 6. The van der Waals surface area contributed by atoms with Gasteiger partial charge < -0.3 is 24.7 Å². The van der Waals surface area contributed by atoms with Crippen molar-refractivity contribution < 1.29 is 19.1 Å². The van der Waals surface area contributed by atoms with Gasteiger partial charge in [-0.15, -0.1) is 0 Å². The van der Waals surface area contributed by atoms with Crippen LogP contribution in [0, 0.1) is 0 Å². The van der Waals surface area contributed by atoms with Gasteiger partial charge in [-0.1, -0.05) is 6.92 Å². The van der Waals surface area contributed by atoms with Crippen LogP contribution in [0.1, 0.15) is 57.3 Å². The van der Waals surface area contributed by atoms with Crippen molar-refractivity contribution in [1.29, 1.82) is 0 Å². The van der Waals surface area contributed by atoms with Crippen molar-refractivity contribution in [3.8, 4) is 0 Å². The molecule has 2 aromatic heterocycles. The molecule has 29 heavy (non-hydrogen) atoms. The van der Waals surface area contributed by atoms with E-state index in [1.54, 1.807) is 11.1 Å². The Labute approximate surface area is 171 Å². The maximum Gasteiger partial charge on any atom is 0.410 e. The molecule has 8 nitrogen and oxygen atoms in total. The average molecular weight is 402 g/mol. The molecule has 0 unspecified atom stereocenters. The molecule has 0 spiro atoms. The highest BCUT2D eigenvalue weighted by atomic mass is 16.6. The summed E-state index contributed by atoms with van der Waals surface area (Å²) in [5.41, 5.74) is 1.25. The summed E-state index contributed by atoms with van der Waals surface area (Å²) in [6.07, 6.45) is 5.51. The third-order valence-corrected chi connectivity index (χ3v) is 4.67. The first-order valence-corrected chi connectivity index (χ1v) is 10.2. The zero-order chi connectivity index (χ0) is 21.0. The Bertz CT molecular complexity index is 871. The number of piperidine rings is 1. The van der Waals surface area contributed by atoms with Crippen LogP contribution in [0.4, 0.5) is 10.5 Å². The normalized spacial score (nSPS) is 17.2. The Hall–Kier alpha value is -2.77. The highest BCUT2D eigenvalue weighted by molar-refractivity contribution is 6.04. The summed E-state index contributed by atoms with van der Waals surface area (Å²) < 4.78 is 10.8. The number of amides is 1. The minimum Gasteiger partial charge on any atom is -0.462 e. The number of hydrogen-bond donors (Lipinski definition) is 2. The summed E-state index contributed by atoms with van der Waals surface area (Å²) in [6.45, 7) is 9.06. The van der Waals surface area contributed by atoms with Gasteiger partial charge in [0.2, 0.25) is 0 Å². The lowest BCUT2D eigenvalue weighted by Gasteiger charge is -2.35. The molecule has 8 heteroatoms. The number of anilines is 1. The molecule has 1 fully saturated rings. The van der Waals surface area contributed by atoms with Gasteiger partial charge in [0.1, 0.15) is 16.8 Å². The highest BCUT2D eigenvalue weighted by Gasteiger charge is 2.29. The fourth-order valence-electron chi connectivity index (χ4n) is 3.38. The number of rotatable bonds is 5. The van der Waals surface area contributed by atoms with Crippen molar-refractivity contribution in [2.45, 2.75) is 58.6 Å². The molecule has 1 amide bonds. The molecule has 1 atom stereocenters. The number of ether oxygens (including phenoxy) is 2. The molecule has 3 rings (SSSR count). The Morgan fingerprint density at radius 3 is 2.90 bits per heavy atom. The largest absolute Gasteiger partial charge is 0.462 e. The molecular formula is C21H30N4O4. The summed E-state index contributed by atoms with van der Waals surface area (Å²) in [4.78, 5) is 34.1. The molecule has 2 aromatic rings. The van der Waals surface area contributed by atoms with E-state index >= 15 is 0 Å². The Morgan fingerprint density at radius 1 is 1.38 bits per heavy atom. The molecule has 3 heterocycles. The molecule has 1 aliphatic rings. The summed E-state index contributed by atoms with van der Waals surface area (Å²) in [5, 5.41) is 4.30. The van der Waals surface area contributed by atoms with Crippen LogP contribution < -0.4 is 5.32 Å². The van der Waals surface area contributed by atoms with Gasteiger partial charge in [-0.25, -0.2) is 14.6 Å². The first-order valence-electron chi connectivity index (χ1n) is 10.2. The molecule has 1 aliphatic heterocycles. The standard InChI is InChI=1S/C21H30N4O4/c1-5-11-28-19(26)16-12-23-18-15(8-9-22-18)17(16)24-14-7-6-10-25(13-14)20(27)29-21(2,3)4/h8-9,12,14H,5-7,10-11,13H2,1-4H3,(H2,22,23,24)/t14-/m1/s1. The molecule has 0 aromatic carbocycles. The summed E-state index contributed by atoms with van der Waals surface area (Å²) in [7, 11) is 0. The highest BCUT2D eigenvalue weighted by Crippen LogP contribution is 2.28. The average Bonchev–Trinajstić information content (AvgIpc) is 3.14. The van der Waals surface area contributed by atoms with Crippen molar-refractivity contribution >= 4 is 28.8 Å². The van der Waals surface area contributed by atoms with Crippen molar-refractivity contribution in [1.82, 2.24) is 14.9 Å².